The average Bonchev–Trinajstić information content (AvgIpc) is 3.16. The molecule has 0 aliphatic carbocycles. The van der Waals surface area contributed by atoms with Crippen LogP contribution in [0.5, 0.6) is 11.5 Å². The Balaban J connectivity index is 1.91. The number of allylic oxidation sites excluding steroid dienone is 1. The van der Waals surface area contributed by atoms with Crippen LogP contribution < -0.4 is 24.4 Å². The van der Waals surface area contributed by atoms with Crippen molar-refractivity contribution in [3.8, 4) is 23.8 Å². The molecule has 0 saturated carbocycles. The minimum atomic E-state index is -0.700. The predicted molar refractivity (Wildman–Crippen MR) is 139 cm³/mol. The summed E-state index contributed by atoms with van der Waals surface area (Å²) in [6, 6.07) is 13.9. The van der Waals surface area contributed by atoms with Crippen LogP contribution in [0.4, 0.5) is 0 Å². The molecule has 4 rings (SSSR count). The van der Waals surface area contributed by atoms with E-state index in [1.807, 2.05) is 30.3 Å². The molecule has 3 aromatic rings. The largest absolute Gasteiger partial charge is 0.497 e. The first kappa shape index (κ1) is 25.0. The minimum Gasteiger partial charge on any atom is -0.497 e. The molecule has 0 bridgehead atoms. The number of terminal acetylenes is 1. The highest BCUT2D eigenvalue weighted by molar-refractivity contribution is 7.07. The van der Waals surface area contributed by atoms with E-state index in [-0.39, 0.29) is 18.3 Å². The van der Waals surface area contributed by atoms with Gasteiger partial charge in [0.2, 0.25) is 0 Å². The molecule has 2 aromatic carbocycles. The van der Waals surface area contributed by atoms with E-state index in [4.69, 9.17) is 20.6 Å². The van der Waals surface area contributed by atoms with Crippen molar-refractivity contribution in [2.45, 2.75) is 32.9 Å². The number of carbonyl (C=O) groups excluding carboxylic acids is 1. The molecule has 0 N–H and O–H groups in total. The molecular formula is C28H26N2O5S. The number of methoxy groups -OCH3 is 1. The fourth-order valence-electron chi connectivity index (χ4n) is 3.95. The van der Waals surface area contributed by atoms with E-state index in [9.17, 15) is 9.59 Å². The highest BCUT2D eigenvalue weighted by Gasteiger charge is 2.33. The zero-order valence-corrected chi connectivity index (χ0v) is 21.3. The van der Waals surface area contributed by atoms with E-state index >= 15 is 0 Å². The second-order valence-electron chi connectivity index (χ2n) is 8.34. The minimum absolute atomic E-state index is 0.115. The Morgan fingerprint density at radius 3 is 2.61 bits per heavy atom. The van der Waals surface area contributed by atoms with Gasteiger partial charge < -0.3 is 14.2 Å². The van der Waals surface area contributed by atoms with Crippen molar-refractivity contribution in [3.05, 3.63) is 90.6 Å². The fourth-order valence-corrected chi connectivity index (χ4v) is 4.99. The Hall–Kier alpha value is -4.09. The number of hydrogen-bond acceptors (Lipinski definition) is 7. The number of para-hydroxylation sites is 1. The number of fused-ring (bicyclic) bond motifs is 1. The van der Waals surface area contributed by atoms with Gasteiger partial charge in [-0.05, 0) is 50.6 Å². The Bertz CT molecular complexity index is 1540. The molecule has 36 heavy (non-hydrogen) atoms. The number of benzene rings is 2. The molecule has 0 radical (unpaired) electrons. The number of esters is 1. The number of carbonyl (C=O) groups is 1. The summed E-state index contributed by atoms with van der Waals surface area (Å²) in [5.74, 6) is 3.19. The zero-order chi connectivity index (χ0) is 25.8. The molecule has 1 atom stereocenters. The summed E-state index contributed by atoms with van der Waals surface area (Å²) in [6.07, 6.45) is 6.77. The summed E-state index contributed by atoms with van der Waals surface area (Å²) in [5, 5.41) is 0. The summed E-state index contributed by atoms with van der Waals surface area (Å²) < 4.78 is 18.5. The van der Waals surface area contributed by atoms with Crippen LogP contribution in [-0.4, -0.2) is 30.4 Å². The maximum Gasteiger partial charge on any atom is 0.338 e. The van der Waals surface area contributed by atoms with Gasteiger partial charge in [-0.2, -0.15) is 0 Å². The lowest BCUT2D eigenvalue weighted by atomic mass is 9.96. The van der Waals surface area contributed by atoms with Gasteiger partial charge in [0.15, 0.2) is 4.80 Å². The molecule has 0 saturated heterocycles. The van der Waals surface area contributed by atoms with Crippen LogP contribution >= 0.6 is 11.3 Å². The molecule has 1 aromatic heterocycles. The molecule has 0 amide bonds. The first-order valence-corrected chi connectivity index (χ1v) is 12.2. The van der Waals surface area contributed by atoms with E-state index in [1.54, 1.807) is 56.7 Å². The Labute approximate surface area is 213 Å². The summed E-state index contributed by atoms with van der Waals surface area (Å²) in [4.78, 5) is 32.0. The molecule has 1 aliphatic rings. The van der Waals surface area contributed by atoms with Crippen molar-refractivity contribution < 1.29 is 19.0 Å². The topological polar surface area (TPSA) is 79.1 Å². The Morgan fingerprint density at radius 2 is 1.94 bits per heavy atom. The molecule has 0 spiro atoms. The molecule has 184 valence electrons. The summed E-state index contributed by atoms with van der Waals surface area (Å²) in [7, 11) is 1.58. The predicted octanol–water partition coefficient (Wildman–Crippen LogP) is 3.21. The van der Waals surface area contributed by atoms with Crippen LogP contribution in [0.2, 0.25) is 0 Å². The highest BCUT2D eigenvalue weighted by atomic mass is 32.1. The Kier molecular flexibility index (Phi) is 7.41. The number of thiazole rings is 1. The molecule has 0 fully saturated rings. The van der Waals surface area contributed by atoms with E-state index in [0.29, 0.717) is 37.7 Å². The second kappa shape index (κ2) is 10.7. The van der Waals surface area contributed by atoms with Gasteiger partial charge in [0, 0.05) is 5.56 Å². The highest BCUT2D eigenvalue weighted by Crippen LogP contribution is 2.32. The van der Waals surface area contributed by atoms with Crippen LogP contribution in [0.25, 0.3) is 6.08 Å². The standard InChI is InChI=1S/C28H26N2O5S/c1-6-15-34-22-10-8-7-9-20(22)16-23-26(31)30-25(19-11-13-21(33-5)14-12-19)24(27(32)35-17(2)3)18(4)29-28(30)36-23/h1,7-14,16-17,25H,15H2,2-5H3/b23-16-/t25-/m0/s1. The maximum absolute atomic E-state index is 13.8. The second-order valence-corrected chi connectivity index (χ2v) is 9.35. The third-order valence-electron chi connectivity index (χ3n) is 5.53. The molecular weight excluding hydrogens is 476 g/mol. The number of ether oxygens (including phenoxy) is 3. The number of aromatic nitrogens is 1. The van der Waals surface area contributed by atoms with E-state index in [0.717, 1.165) is 5.56 Å². The monoisotopic (exact) mass is 502 g/mol. The molecule has 2 heterocycles. The van der Waals surface area contributed by atoms with E-state index in [1.165, 1.54) is 11.3 Å². The van der Waals surface area contributed by atoms with Crippen molar-refractivity contribution in [2.75, 3.05) is 13.7 Å². The lowest BCUT2D eigenvalue weighted by Gasteiger charge is -2.25. The summed E-state index contributed by atoms with van der Waals surface area (Å²) >= 11 is 1.25. The van der Waals surface area contributed by atoms with Crippen molar-refractivity contribution in [1.82, 2.24) is 4.57 Å². The van der Waals surface area contributed by atoms with Gasteiger partial charge >= 0.3 is 5.97 Å². The van der Waals surface area contributed by atoms with Crippen LogP contribution in [0.3, 0.4) is 0 Å². The van der Waals surface area contributed by atoms with Crippen LogP contribution in [0, 0.1) is 12.3 Å². The Morgan fingerprint density at radius 1 is 1.22 bits per heavy atom. The van der Waals surface area contributed by atoms with Crippen molar-refractivity contribution in [1.29, 1.82) is 0 Å². The fraction of sp³-hybridized carbons (Fsp3) is 0.250. The average molecular weight is 503 g/mol. The lowest BCUT2D eigenvalue weighted by Crippen LogP contribution is -2.40. The first-order valence-electron chi connectivity index (χ1n) is 11.4. The maximum atomic E-state index is 13.8. The van der Waals surface area contributed by atoms with Crippen LogP contribution in [0.1, 0.15) is 37.9 Å². The van der Waals surface area contributed by atoms with Crippen LogP contribution in [-0.2, 0) is 9.53 Å². The molecule has 8 heteroatoms. The third-order valence-corrected chi connectivity index (χ3v) is 6.52. The van der Waals surface area contributed by atoms with Crippen molar-refractivity contribution >= 4 is 23.4 Å². The molecule has 7 nitrogen and oxygen atoms in total. The van der Waals surface area contributed by atoms with Crippen LogP contribution in [0.15, 0.2) is 69.6 Å². The van der Waals surface area contributed by atoms with Gasteiger partial charge in [0.25, 0.3) is 5.56 Å². The molecule has 0 unspecified atom stereocenters. The normalized spacial score (nSPS) is 15.2. The van der Waals surface area contributed by atoms with E-state index < -0.39 is 12.0 Å². The summed E-state index contributed by atoms with van der Waals surface area (Å²) in [6.45, 7) is 5.44. The smallest absolute Gasteiger partial charge is 0.338 e. The van der Waals surface area contributed by atoms with Gasteiger partial charge in [-0.3, -0.25) is 9.36 Å². The SMILES string of the molecule is C#CCOc1ccccc1/C=c1\sc2n(c1=O)[C@@H](c1ccc(OC)cc1)C(C(=O)OC(C)C)=C(C)N=2. The van der Waals surface area contributed by atoms with E-state index in [2.05, 4.69) is 10.9 Å². The van der Waals surface area contributed by atoms with Crippen molar-refractivity contribution in [2.24, 2.45) is 4.99 Å². The van der Waals surface area contributed by atoms with Gasteiger partial charge in [0.05, 0.1) is 35.1 Å². The number of hydrogen-bond donors (Lipinski definition) is 0. The summed E-state index contributed by atoms with van der Waals surface area (Å²) in [5.41, 5.74) is 2.02. The molecule has 1 aliphatic heterocycles. The van der Waals surface area contributed by atoms with Gasteiger partial charge in [-0.25, -0.2) is 9.79 Å². The van der Waals surface area contributed by atoms with Gasteiger partial charge in [-0.1, -0.05) is 47.6 Å². The number of nitrogens with zero attached hydrogens (tertiary/aromatic N) is 2. The van der Waals surface area contributed by atoms with Gasteiger partial charge in [-0.15, -0.1) is 6.42 Å². The zero-order valence-electron chi connectivity index (χ0n) is 20.5. The van der Waals surface area contributed by atoms with Crippen molar-refractivity contribution in [3.63, 3.8) is 0 Å². The van der Waals surface area contributed by atoms with Gasteiger partial charge in [0.1, 0.15) is 18.1 Å². The third kappa shape index (κ3) is 4.97. The first-order chi connectivity index (χ1) is 17.3. The quantitative estimate of drug-likeness (QED) is 0.366. The lowest BCUT2D eigenvalue weighted by molar-refractivity contribution is -0.143. The number of rotatable bonds is 7.